The second kappa shape index (κ2) is 8.84. The van der Waals surface area contributed by atoms with Crippen LogP contribution in [-0.2, 0) is 0 Å². The van der Waals surface area contributed by atoms with Gasteiger partial charge in [-0.2, -0.15) is 5.10 Å². The molecule has 0 fully saturated rings. The van der Waals surface area contributed by atoms with Crippen LogP contribution in [0.3, 0.4) is 0 Å². The van der Waals surface area contributed by atoms with Crippen molar-refractivity contribution in [1.29, 1.82) is 0 Å². The molecule has 6 heteroatoms. The number of benzene rings is 1. The minimum absolute atomic E-state index is 0.382. The van der Waals surface area contributed by atoms with Gasteiger partial charge < -0.3 is 10.1 Å². The molecule has 1 heterocycles. The van der Waals surface area contributed by atoms with Crippen LogP contribution in [0.25, 0.3) is 0 Å². The molecule has 0 aliphatic carbocycles. The van der Waals surface area contributed by atoms with E-state index < -0.39 is 0 Å². The lowest BCUT2D eigenvalue weighted by Gasteiger charge is -2.07. The SMILES string of the molecule is CCCCOc1ccc(NC(=O)NN=Cc2cccs2)cc1. The van der Waals surface area contributed by atoms with Crippen LogP contribution < -0.4 is 15.5 Å². The number of hydrogen-bond donors (Lipinski definition) is 2. The fraction of sp³-hybridized carbons (Fsp3) is 0.250. The monoisotopic (exact) mass is 317 g/mol. The average Bonchev–Trinajstić information content (AvgIpc) is 3.03. The zero-order chi connectivity index (χ0) is 15.6. The Morgan fingerprint density at radius 1 is 1.32 bits per heavy atom. The van der Waals surface area contributed by atoms with Crippen LogP contribution in [0.4, 0.5) is 10.5 Å². The van der Waals surface area contributed by atoms with Crippen LogP contribution in [0.15, 0.2) is 46.9 Å². The number of hydrazone groups is 1. The maximum Gasteiger partial charge on any atom is 0.339 e. The van der Waals surface area contributed by atoms with Gasteiger partial charge in [0.05, 0.1) is 12.8 Å². The molecule has 22 heavy (non-hydrogen) atoms. The van der Waals surface area contributed by atoms with Gasteiger partial charge in [-0.15, -0.1) is 11.3 Å². The van der Waals surface area contributed by atoms with E-state index in [2.05, 4.69) is 22.8 Å². The number of carbonyl (C=O) groups is 1. The fourth-order valence-electron chi connectivity index (χ4n) is 1.65. The highest BCUT2D eigenvalue weighted by atomic mass is 32.1. The standard InChI is InChI=1S/C16H19N3O2S/c1-2-3-10-21-14-8-6-13(7-9-14)18-16(20)19-17-12-15-5-4-11-22-15/h4-9,11-12H,2-3,10H2,1H3,(H2,18,19,20). The molecule has 0 saturated heterocycles. The number of nitrogens with zero attached hydrogens (tertiary/aromatic N) is 1. The lowest BCUT2D eigenvalue weighted by atomic mass is 10.3. The number of nitrogens with one attached hydrogen (secondary N) is 2. The van der Waals surface area contributed by atoms with Crippen LogP contribution >= 0.6 is 11.3 Å². The van der Waals surface area contributed by atoms with Crippen molar-refractivity contribution in [3.63, 3.8) is 0 Å². The first-order chi connectivity index (χ1) is 10.8. The zero-order valence-electron chi connectivity index (χ0n) is 12.4. The maximum atomic E-state index is 11.7. The number of thiophene rings is 1. The lowest BCUT2D eigenvalue weighted by molar-refractivity contribution is 0.252. The van der Waals surface area contributed by atoms with E-state index >= 15 is 0 Å². The summed E-state index contributed by atoms with van der Waals surface area (Å²) in [5, 5.41) is 8.53. The summed E-state index contributed by atoms with van der Waals surface area (Å²) < 4.78 is 5.56. The summed E-state index contributed by atoms with van der Waals surface area (Å²) in [6, 6.07) is 10.7. The van der Waals surface area contributed by atoms with Crippen molar-refractivity contribution in [2.75, 3.05) is 11.9 Å². The minimum atomic E-state index is -0.382. The summed E-state index contributed by atoms with van der Waals surface area (Å²) >= 11 is 1.55. The van der Waals surface area contributed by atoms with Crippen LogP contribution in [0.5, 0.6) is 5.75 Å². The molecule has 1 aromatic heterocycles. The Labute approximate surface area is 134 Å². The molecule has 0 aliphatic rings. The van der Waals surface area contributed by atoms with Crippen molar-refractivity contribution in [2.45, 2.75) is 19.8 Å². The number of carbonyl (C=O) groups excluding carboxylic acids is 1. The summed E-state index contributed by atoms with van der Waals surface area (Å²) in [5.74, 6) is 0.801. The topological polar surface area (TPSA) is 62.7 Å². The summed E-state index contributed by atoms with van der Waals surface area (Å²) in [4.78, 5) is 12.7. The van der Waals surface area contributed by atoms with Crippen molar-refractivity contribution in [3.05, 3.63) is 46.7 Å². The van der Waals surface area contributed by atoms with Crippen LogP contribution in [0.1, 0.15) is 24.6 Å². The third-order valence-corrected chi connectivity index (χ3v) is 3.59. The highest BCUT2D eigenvalue weighted by molar-refractivity contribution is 7.11. The molecule has 1 aromatic carbocycles. The van der Waals surface area contributed by atoms with Gasteiger partial charge in [-0.1, -0.05) is 19.4 Å². The van der Waals surface area contributed by atoms with E-state index in [1.807, 2.05) is 29.6 Å². The van der Waals surface area contributed by atoms with Gasteiger partial charge in [-0.05, 0) is 42.1 Å². The molecule has 0 atom stereocenters. The summed E-state index contributed by atoms with van der Waals surface area (Å²) in [6.07, 6.45) is 3.74. The Hall–Kier alpha value is -2.34. The fourth-order valence-corrected chi connectivity index (χ4v) is 2.23. The van der Waals surface area contributed by atoms with Crippen LogP contribution in [0.2, 0.25) is 0 Å². The van der Waals surface area contributed by atoms with Gasteiger partial charge in [0.2, 0.25) is 0 Å². The van der Waals surface area contributed by atoms with E-state index in [1.54, 1.807) is 29.7 Å². The Bertz CT molecular complexity index is 594. The molecule has 2 rings (SSSR count). The number of rotatable bonds is 7. The molecule has 0 bridgehead atoms. The highest BCUT2D eigenvalue weighted by Gasteiger charge is 2.00. The van der Waals surface area contributed by atoms with Crippen molar-refractivity contribution >= 4 is 29.3 Å². The summed E-state index contributed by atoms with van der Waals surface area (Å²) in [6.45, 7) is 2.83. The largest absolute Gasteiger partial charge is 0.494 e. The first-order valence-corrected chi connectivity index (χ1v) is 8.02. The molecule has 5 nitrogen and oxygen atoms in total. The molecule has 2 N–H and O–H groups in total. The smallest absolute Gasteiger partial charge is 0.339 e. The maximum absolute atomic E-state index is 11.7. The molecular weight excluding hydrogens is 298 g/mol. The Morgan fingerprint density at radius 2 is 2.14 bits per heavy atom. The quantitative estimate of drug-likeness (QED) is 0.459. The highest BCUT2D eigenvalue weighted by Crippen LogP contribution is 2.15. The predicted octanol–water partition coefficient (Wildman–Crippen LogP) is 4.08. The molecular formula is C16H19N3O2S. The van der Waals surface area contributed by atoms with E-state index in [4.69, 9.17) is 4.74 Å². The molecule has 2 amide bonds. The van der Waals surface area contributed by atoms with Gasteiger partial charge >= 0.3 is 6.03 Å². The summed E-state index contributed by atoms with van der Waals surface area (Å²) in [5.41, 5.74) is 3.11. The lowest BCUT2D eigenvalue weighted by Crippen LogP contribution is -2.24. The van der Waals surface area contributed by atoms with E-state index in [9.17, 15) is 4.79 Å². The van der Waals surface area contributed by atoms with Gasteiger partial charge in [0.25, 0.3) is 0 Å². The number of hydrogen-bond acceptors (Lipinski definition) is 4. The van der Waals surface area contributed by atoms with Crippen molar-refractivity contribution in [1.82, 2.24) is 5.43 Å². The second-order valence-electron chi connectivity index (χ2n) is 4.57. The predicted molar refractivity (Wildman–Crippen MR) is 90.9 cm³/mol. The van der Waals surface area contributed by atoms with Crippen LogP contribution in [0, 0.1) is 0 Å². The molecule has 0 unspecified atom stereocenters. The number of unbranched alkanes of at least 4 members (excludes halogenated alkanes) is 1. The van der Waals surface area contributed by atoms with Gasteiger partial charge in [0.1, 0.15) is 5.75 Å². The second-order valence-corrected chi connectivity index (χ2v) is 5.55. The molecule has 0 radical (unpaired) electrons. The third-order valence-electron chi connectivity index (χ3n) is 2.78. The van der Waals surface area contributed by atoms with E-state index in [0.717, 1.165) is 23.5 Å². The van der Waals surface area contributed by atoms with Gasteiger partial charge in [0.15, 0.2) is 0 Å². The Balaban J connectivity index is 1.76. The summed E-state index contributed by atoms with van der Waals surface area (Å²) in [7, 11) is 0. The third kappa shape index (κ3) is 5.57. The Kier molecular flexibility index (Phi) is 6.44. The Morgan fingerprint density at radius 3 is 2.82 bits per heavy atom. The molecule has 116 valence electrons. The van der Waals surface area contributed by atoms with Crippen molar-refractivity contribution in [3.8, 4) is 5.75 Å². The van der Waals surface area contributed by atoms with E-state index in [-0.39, 0.29) is 6.03 Å². The van der Waals surface area contributed by atoms with Gasteiger partial charge in [0, 0.05) is 10.6 Å². The van der Waals surface area contributed by atoms with E-state index in [1.165, 1.54) is 0 Å². The average molecular weight is 317 g/mol. The molecule has 0 aliphatic heterocycles. The van der Waals surface area contributed by atoms with Gasteiger partial charge in [-0.3, -0.25) is 0 Å². The van der Waals surface area contributed by atoms with Crippen molar-refractivity contribution < 1.29 is 9.53 Å². The number of urea groups is 1. The first kappa shape index (κ1) is 16.0. The molecule has 0 spiro atoms. The van der Waals surface area contributed by atoms with E-state index in [0.29, 0.717) is 12.3 Å². The van der Waals surface area contributed by atoms with Gasteiger partial charge in [-0.25, -0.2) is 10.2 Å². The van der Waals surface area contributed by atoms with Crippen LogP contribution in [-0.4, -0.2) is 18.9 Å². The molecule has 2 aromatic rings. The number of amides is 2. The molecule has 0 saturated carbocycles. The number of anilines is 1. The van der Waals surface area contributed by atoms with Crippen molar-refractivity contribution in [2.24, 2.45) is 5.10 Å². The normalized spacial score (nSPS) is 10.6. The number of ether oxygens (including phenoxy) is 1. The zero-order valence-corrected chi connectivity index (χ0v) is 13.2. The first-order valence-electron chi connectivity index (χ1n) is 7.14. The minimum Gasteiger partial charge on any atom is -0.494 e.